The lowest BCUT2D eigenvalue weighted by Crippen LogP contribution is -2.25. The first kappa shape index (κ1) is 14.9. The minimum Gasteiger partial charge on any atom is -0.302 e. The molecule has 0 amide bonds. The summed E-state index contributed by atoms with van der Waals surface area (Å²) < 4.78 is 40.5. The van der Waals surface area contributed by atoms with Gasteiger partial charge in [0.15, 0.2) is 0 Å². The largest absolute Gasteiger partial charge is 0.416 e. The predicted molar refractivity (Wildman–Crippen MR) is 78.7 cm³/mol. The van der Waals surface area contributed by atoms with Crippen LogP contribution in [0.3, 0.4) is 0 Å². The fourth-order valence-corrected chi connectivity index (χ4v) is 2.45. The van der Waals surface area contributed by atoms with E-state index < -0.39 is 11.7 Å². The first-order chi connectivity index (χ1) is 10.4. The maximum atomic E-state index is 12.9. The molecular weight excluding hydrogens is 289 g/mol. The van der Waals surface area contributed by atoms with E-state index >= 15 is 0 Å². The summed E-state index contributed by atoms with van der Waals surface area (Å²) in [7, 11) is 0. The minimum atomic E-state index is -4.34. The Morgan fingerprint density at radius 1 is 1.14 bits per heavy atom. The molecule has 1 aliphatic rings. The van der Waals surface area contributed by atoms with E-state index in [4.69, 9.17) is 0 Å². The Balaban J connectivity index is 2.11. The Morgan fingerprint density at radius 3 is 2.55 bits per heavy atom. The minimum absolute atomic E-state index is 0.291. The molecule has 1 heterocycles. The lowest BCUT2D eigenvalue weighted by molar-refractivity contribution is -0.137. The Morgan fingerprint density at radius 2 is 1.91 bits per heavy atom. The van der Waals surface area contributed by atoms with Gasteiger partial charge in [0.1, 0.15) is 5.49 Å². The molecule has 0 spiro atoms. The van der Waals surface area contributed by atoms with Crippen molar-refractivity contribution in [2.45, 2.75) is 38.4 Å². The van der Waals surface area contributed by atoms with Crippen LogP contribution in [0.2, 0.25) is 0 Å². The fraction of sp³-hybridized carbons (Fsp3) is 0.353. The van der Waals surface area contributed by atoms with E-state index in [0.717, 1.165) is 24.5 Å². The zero-order valence-electron chi connectivity index (χ0n) is 12.3. The maximum Gasteiger partial charge on any atom is 0.416 e. The number of aromatic nitrogens is 1. The number of halogens is 3. The van der Waals surface area contributed by atoms with Crippen LogP contribution in [0.4, 0.5) is 13.2 Å². The van der Waals surface area contributed by atoms with Gasteiger partial charge in [0.05, 0.1) is 11.6 Å². The molecular formula is C17H17F3N2. The summed E-state index contributed by atoms with van der Waals surface area (Å²) in [5.74, 6) is 0. The van der Waals surface area contributed by atoms with Crippen LogP contribution in [0.25, 0.3) is 5.69 Å². The molecule has 5 heteroatoms. The Hall–Kier alpha value is -2.04. The van der Waals surface area contributed by atoms with Crippen molar-refractivity contribution in [1.82, 2.24) is 4.57 Å². The highest BCUT2D eigenvalue weighted by Gasteiger charge is 2.30. The topological polar surface area (TPSA) is 17.3 Å². The standard InChI is InChI=1S/C17H17F3N2/c1-12-8-9-16(21-14-5-3-6-14)22(11-12)15-7-2-4-13(10-15)17(18,19)20/h2,4,7-11,14H,3,5-6H2,1H3. The lowest BCUT2D eigenvalue weighted by atomic mass is 9.94. The molecule has 0 atom stereocenters. The fourth-order valence-electron chi connectivity index (χ4n) is 2.45. The van der Waals surface area contributed by atoms with Gasteiger partial charge in [0.25, 0.3) is 0 Å². The summed E-state index contributed by atoms with van der Waals surface area (Å²) in [6, 6.07) is 9.45. The van der Waals surface area contributed by atoms with Gasteiger partial charge in [-0.15, -0.1) is 0 Å². The van der Waals surface area contributed by atoms with Gasteiger partial charge in [-0.05, 0) is 56.0 Å². The SMILES string of the molecule is Cc1ccc(=NC2CCC2)n(-c2cccc(C(F)(F)F)c2)c1. The van der Waals surface area contributed by atoms with E-state index in [1.54, 1.807) is 10.6 Å². The highest BCUT2D eigenvalue weighted by Crippen LogP contribution is 2.30. The van der Waals surface area contributed by atoms with Crippen molar-refractivity contribution >= 4 is 0 Å². The molecule has 1 aliphatic carbocycles. The molecule has 0 aliphatic heterocycles. The Kier molecular flexibility index (Phi) is 3.81. The smallest absolute Gasteiger partial charge is 0.302 e. The van der Waals surface area contributed by atoms with E-state index in [1.165, 1.54) is 18.6 Å². The summed E-state index contributed by atoms with van der Waals surface area (Å²) in [5.41, 5.74) is 1.52. The highest BCUT2D eigenvalue weighted by molar-refractivity contribution is 5.37. The number of aryl methyl sites for hydroxylation is 1. The number of alkyl halides is 3. The van der Waals surface area contributed by atoms with Crippen LogP contribution >= 0.6 is 0 Å². The lowest BCUT2D eigenvalue weighted by Gasteiger charge is -2.21. The summed E-state index contributed by atoms with van der Waals surface area (Å²) in [6.07, 6.45) is 0.759. The van der Waals surface area contributed by atoms with Gasteiger partial charge < -0.3 is 4.57 Å². The number of hydrogen-bond donors (Lipinski definition) is 0. The van der Waals surface area contributed by atoms with Gasteiger partial charge in [-0.2, -0.15) is 13.2 Å². The normalized spacial score (nSPS) is 16.6. The van der Waals surface area contributed by atoms with E-state index in [1.807, 2.05) is 25.3 Å². The average molecular weight is 306 g/mol. The van der Waals surface area contributed by atoms with Crippen LogP contribution in [0.15, 0.2) is 47.6 Å². The van der Waals surface area contributed by atoms with Crippen LogP contribution < -0.4 is 5.49 Å². The van der Waals surface area contributed by atoms with Crippen molar-refractivity contribution in [2.75, 3.05) is 0 Å². The second-order valence-corrected chi connectivity index (χ2v) is 5.70. The molecule has 2 nitrogen and oxygen atoms in total. The monoisotopic (exact) mass is 306 g/mol. The van der Waals surface area contributed by atoms with Crippen LogP contribution in [-0.4, -0.2) is 10.6 Å². The van der Waals surface area contributed by atoms with Crippen molar-refractivity contribution in [3.8, 4) is 5.69 Å². The molecule has 116 valence electrons. The van der Waals surface area contributed by atoms with Crippen molar-refractivity contribution in [1.29, 1.82) is 0 Å². The van der Waals surface area contributed by atoms with Crippen molar-refractivity contribution in [3.63, 3.8) is 0 Å². The van der Waals surface area contributed by atoms with Crippen LogP contribution in [-0.2, 0) is 6.18 Å². The van der Waals surface area contributed by atoms with Crippen LogP contribution in [0.5, 0.6) is 0 Å². The Labute approximate surface area is 126 Å². The third-order valence-electron chi connectivity index (χ3n) is 3.92. The summed E-state index contributed by atoms with van der Waals surface area (Å²) in [6.45, 7) is 1.91. The summed E-state index contributed by atoms with van der Waals surface area (Å²) >= 11 is 0. The molecule has 0 saturated heterocycles. The molecule has 22 heavy (non-hydrogen) atoms. The molecule has 1 aromatic heterocycles. The third-order valence-corrected chi connectivity index (χ3v) is 3.92. The molecule has 0 unspecified atom stereocenters. The first-order valence-corrected chi connectivity index (χ1v) is 7.34. The summed E-state index contributed by atoms with van der Waals surface area (Å²) in [5, 5.41) is 0. The molecule has 0 radical (unpaired) electrons. The van der Waals surface area contributed by atoms with Gasteiger partial charge in [-0.25, -0.2) is 0 Å². The van der Waals surface area contributed by atoms with Crippen LogP contribution in [0.1, 0.15) is 30.4 Å². The highest BCUT2D eigenvalue weighted by atomic mass is 19.4. The number of rotatable bonds is 2. The molecule has 1 fully saturated rings. The van der Waals surface area contributed by atoms with Gasteiger partial charge >= 0.3 is 6.18 Å². The molecule has 0 bridgehead atoms. The number of pyridine rings is 1. The van der Waals surface area contributed by atoms with E-state index in [2.05, 4.69) is 4.99 Å². The second kappa shape index (κ2) is 5.63. The molecule has 3 rings (SSSR count). The number of nitrogens with zero attached hydrogens (tertiary/aromatic N) is 2. The number of hydrogen-bond acceptors (Lipinski definition) is 1. The van der Waals surface area contributed by atoms with Crippen LogP contribution in [0, 0.1) is 6.92 Å². The van der Waals surface area contributed by atoms with Gasteiger partial charge in [-0.3, -0.25) is 4.99 Å². The zero-order valence-corrected chi connectivity index (χ0v) is 12.3. The van der Waals surface area contributed by atoms with Crippen molar-refractivity contribution < 1.29 is 13.2 Å². The second-order valence-electron chi connectivity index (χ2n) is 5.70. The van der Waals surface area contributed by atoms with Gasteiger partial charge in [-0.1, -0.05) is 12.1 Å². The van der Waals surface area contributed by atoms with Gasteiger partial charge in [0, 0.05) is 11.9 Å². The molecule has 0 N–H and O–H groups in total. The third kappa shape index (κ3) is 3.08. The quantitative estimate of drug-likeness (QED) is 0.789. The van der Waals surface area contributed by atoms with Gasteiger partial charge in [0.2, 0.25) is 0 Å². The van der Waals surface area contributed by atoms with E-state index in [9.17, 15) is 13.2 Å². The molecule has 1 aromatic carbocycles. The summed E-state index contributed by atoms with van der Waals surface area (Å²) in [4.78, 5) is 4.66. The zero-order chi connectivity index (χ0) is 15.7. The van der Waals surface area contributed by atoms with Crippen molar-refractivity contribution in [2.24, 2.45) is 4.99 Å². The molecule has 1 saturated carbocycles. The van der Waals surface area contributed by atoms with Crippen molar-refractivity contribution in [3.05, 3.63) is 59.2 Å². The predicted octanol–water partition coefficient (Wildman–Crippen LogP) is 4.26. The first-order valence-electron chi connectivity index (χ1n) is 7.34. The maximum absolute atomic E-state index is 12.9. The van der Waals surface area contributed by atoms with E-state index in [-0.39, 0.29) is 0 Å². The van der Waals surface area contributed by atoms with E-state index in [0.29, 0.717) is 17.2 Å². The number of benzene rings is 1. The molecule has 2 aromatic rings. The Bertz CT molecular complexity index is 740. The average Bonchev–Trinajstić information content (AvgIpc) is 2.43.